The smallest absolute Gasteiger partial charge is 0.232 e. The van der Waals surface area contributed by atoms with Gasteiger partial charge in [0.2, 0.25) is 11.9 Å². The summed E-state index contributed by atoms with van der Waals surface area (Å²) in [5.41, 5.74) is 8.96. The minimum Gasteiger partial charge on any atom is -0.368 e. The third-order valence-corrected chi connectivity index (χ3v) is 3.43. The van der Waals surface area contributed by atoms with Crippen molar-refractivity contribution < 1.29 is 0 Å². The van der Waals surface area contributed by atoms with E-state index in [1.807, 2.05) is 61.5 Å². The number of benzene rings is 2. The van der Waals surface area contributed by atoms with Crippen LogP contribution in [0.15, 0.2) is 54.6 Å². The van der Waals surface area contributed by atoms with Crippen LogP contribution in [0.3, 0.4) is 0 Å². The fourth-order valence-electron chi connectivity index (χ4n) is 2.20. The average molecular weight is 328 g/mol. The van der Waals surface area contributed by atoms with Crippen molar-refractivity contribution in [3.05, 3.63) is 71.5 Å². The van der Waals surface area contributed by atoms with Gasteiger partial charge in [0.15, 0.2) is 5.82 Å². The number of aryl methyl sites for hydroxylation is 1. The van der Waals surface area contributed by atoms with Crippen LogP contribution in [0.2, 0.25) is 0 Å². The van der Waals surface area contributed by atoms with Gasteiger partial charge in [0.05, 0.1) is 5.57 Å². The maximum atomic E-state index is 9.46. The highest BCUT2D eigenvalue weighted by Gasteiger charge is 2.10. The third kappa shape index (κ3) is 4.18. The first-order chi connectivity index (χ1) is 12.1. The Labute approximate surface area is 145 Å². The molecule has 122 valence electrons. The van der Waals surface area contributed by atoms with Gasteiger partial charge in [0, 0.05) is 5.69 Å². The van der Waals surface area contributed by atoms with Gasteiger partial charge in [-0.1, -0.05) is 48.0 Å². The highest BCUT2D eigenvalue weighted by molar-refractivity contribution is 5.87. The molecule has 0 fully saturated rings. The Kier molecular flexibility index (Phi) is 4.67. The van der Waals surface area contributed by atoms with Crippen LogP contribution in [0.25, 0.3) is 11.6 Å². The monoisotopic (exact) mass is 328 g/mol. The molecule has 0 aliphatic carbocycles. The zero-order valence-corrected chi connectivity index (χ0v) is 13.6. The van der Waals surface area contributed by atoms with Crippen LogP contribution in [0.5, 0.6) is 0 Å². The SMILES string of the molecule is Cc1ccc(Nc2nc(N)nc(/C(C#N)=C/c3ccccc3)n2)cc1. The first-order valence-corrected chi connectivity index (χ1v) is 7.66. The van der Waals surface area contributed by atoms with E-state index < -0.39 is 0 Å². The van der Waals surface area contributed by atoms with E-state index in [1.165, 1.54) is 0 Å². The van der Waals surface area contributed by atoms with Gasteiger partial charge < -0.3 is 11.1 Å². The fraction of sp³-hybridized carbons (Fsp3) is 0.0526. The molecule has 1 heterocycles. The summed E-state index contributed by atoms with van der Waals surface area (Å²) in [5, 5.41) is 12.5. The van der Waals surface area contributed by atoms with E-state index in [0.29, 0.717) is 11.5 Å². The lowest BCUT2D eigenvalue weighted by Gasteiger charge is -2.07. The van der Waals surface area contributed by atoms with Gasteiger partial charge in [-0.15, -0.1) is 0 Å². The van der Waals surface area contributed by atoms with Crippen molar-refractivity contribution >= 4 is 29.2 Å². The second kappa shape index (κ2) is 7.23. The largest absolute Gasteiger partial charge is 0.368 e. The summed E-state index contributed by atoms with van der Waals surface area (Å²) in [6.07, 6.45) is 1.71. The van der Waals surface area contributed by atoms with Crippen molar-refractivity contribution in [1.29, 1.82) is 5.26 Å². The summed E-state index contributed by atoms with van der Waals surface area (Å²) in [4.78, 5) is 12.5. The van der Waals surface area contributed by atoms with Crippen molar-refractivity contribution in [3.63, 3.8) is 0 Å². The zero-order valence-electron chi connectivity index (χ0n) is 13.6. The Hall–Kier alpha value is -3.72. The number of anilines is 3. The number of nitrogen functional groups attached to an aromatic ring is 1. The van der Waals surface area contributed by atoms with Crippen LogP contribution < -0.4 is 11.1 Å². The molecule has 0 radical (unpaired) electrons. The summed E-state index contributed by atoms with van der Waals surface area (Å²) < 4.78 is 0. The number of hydrogen-bond donors (Lipinski definition) is 2. The van der Waals surface area contributed by atoms with Crippen LogP contribution in [0.1, 0.15) is 17.0 Å². The molecule has 25 heavy (non-hydrogen) atoms. The summed E-state index contributed by atoms with van der Waals surface area (Å²) in [7, 11) is 0. The van der Waals surface area contributed by atoms with E-state index in [4.69, 9.17) is 5.73 Å². The van der Waals surface area contributed by atoms with Gasteiger partial charge in [0.25, 0.3) is 0 Å². The average Bonchev–Trinajstić information content (AvgIpc) is 2.62. The standard InChI is InChI=1S/C19H16N6/c1-13-7-9-16(10-8-13)22-19-24-17(23-18(21)25-19)15(12-20)11-14-5-3-2-4-6-14/h2-11H,1H3,(H3,21,22,23,24,25)/b15-11+. The highest BCUT2D eigenvalue weighted by Crippen LogP contribution is 2.18. The predicted octanol–water partition coefficient (Wildman–Crippen LogP) is 3.57. The molecule has 0 spiro atoms. The number of nitriles is 1. The number of rotatable bonds is 4. The van der Waals surface area contributed by atoms with Crippen molar-refractivity contribution in [2.45, 2.75) is 6.92 Å². The second-order valence-corrected chi connectivity index (χ2v) is 5.41. The van der Waals surface area contributed by atoms with Crippen LogP contribution in [-0.2, 0) is 0 Å². The van der Waals surface area contributed by atoms with E-state index in [0.717, 1.165) is 16.8 Å². The van der Waals surface area contributed by atoms with E-state index in [1.54, 1.807) is 6.08 Å². The fourth-order valence-corrected chi connectivity index (χ4v) is 2.20. The number of nitrogens with two attached hydrogens (primary N) is 1. The van der Waals surface area contributed by atoms with Crippen molar-refractivity contribution in [2.24, 2.45) is 0 Å². The molecule has 0 aliphatic rings. The van der Waals surface area contributed by atoms with Gasteiger partial charge in [-0.05, 0) is 30.7 Å². The highest BCUT2D eigenvalue weighted by atomic mass is 15.2. The molecule has 1 aromatic heterocycles. The summed E-state index contributed by atoms with van der Waals surface area (Å²) in [5.74, 6) is 0.572. The predicted molar refractivity (Wildman–Crippen MR) is 98.6 cm³/mol. The Morgan fingerprint density at radius 1 is 1.04 bits per heavy atom. The van der Waals surface area contributed by atoms with Gasteiger partial charge in [-0.2, -0.15) is 20.2 Å². The molecule has 0 bridgehead atoms. The molecule has 6 nitrogen and oxygen atoms in total. The Morgan fingerprint density at radius 2 is 1.76 bits per heavy atom. The summed E-state index contributed by atoms with van der Waals surface area (Å²) >= 11 is 0. The molecule has 0 atom stereocenters. The zero-order chi connectivity index (χ0) is 17.6. The molecule has 3 N–H and O–H groups in total. The summed E-state index contributed by atoms with van der Waals surface area (Å²) in [6.45, 7) is 2.01. The Balaban J connectivity index is 1.94. The molecule has 6 heteroatoms. The lowest BCUT2D eigenvalue weighted by atomic mass is 10.1. The number of aromatic nitrogens is 3. The normalized spacial score (nSPS) is 11.0. The first kappa shape index (κ1) is 16.1. The number of allylic oxidation sites excluding steroid dienone is 1. The van der Waals surface area contributed by atoms with E-state index in [-0.39, 0.29) is 11.8 Å². The molecule has 0 amide bonds. The molecule has 3 aromatic rings. The van der Waals surface area contributed by atoms with Crippen LogP contribution in [0, 0.1) is 18.3 Å². The Morgan fingerprint density at radius 3 is 2.44 bits per heavy atom. The molecular weight excluding hydrogens is 312 g/mol. The third-order valence-electron chi connectivity index (χ3n) is 3.43. The maximum absolute atomic E-state index is 9.46. The molecule has 0 saturated heterocycles. The van der Waals surface area contributed by atoms with Crippen LogP contribution in [0.4, 0.5) is 17.6 Å². The van der Waals surface area contributed by atoms with Gasteiger partial charge >= 0.3 is 0 Å². The topological polar surface area (TPSA) is 101 Å². The van der Waals surface area contributed by atoms with Crippen molar-refractivity contribution in [3.8, 4) is 6.07 Å². The minimum absolute atomic E-state index is 0.0498. The van der Waals surface area contributed by atoms with Gasteiger partial charge in [-0.3, -0.25) is 0 Å². The van der Waals surface area contributed by atoms with E-state index in [9.17, 15) is 5.26 Å². The van der Waals surface area contributed by atoms with E-state index in [2.05, 4.69) is 26.3 Å². The van der Waals surface area contributed by atoms with Crippen molar-refractivity contribution in [2.75, 3.05) is 11.1 Å². The quantitative estimate of drug-likeness (QED) is 0.710. The molecule has 0 aliphatic heterocycles. The number of nitrogens with one attached hydrogen (secondary N) is 1. The van der Waals surface area contributed by atoms with Gasteiger partial charge in [0.1, 0.15) is 6.07 Å². The molecule has 0 unspecified atom stereocenters. The molecule has 3 rings (SSSR count). The second-order valence-electron chi connectivity index (χ2n) is 5.41. The van der Waals surface area contributed by atoms with Crippen molar-refractivity contribution in [1.82, 2.24) is 15.0 Å². The maximum Gasteiger partial charge on any atom is 0.232 e. The molecular formula is C19H16N6. The number of hydrogen-bond acceptors (Lipinski definition) is 6. The minimum atomic E-state index is 0.0498. The van der Waals surface area contributed by atoms with E-state index >= 15 is 0 Å². The molecule has 2 aromatic carbocycles. The van der Waals surface area contributed by atoms with Crippen LogP contribution >= 0.6 is 0 Å². The lowest BCUT2D eigenvalue weighted by Crippen LogP contribution is -2.06. The Bertz CT molecular complexity index is 940. The number of nitrogens with zero attached hydrogens (tertiary/aromatic N) is 4. The lowest BCUT2D eigenvalue weighted by molar-refractivity contribution is 1.04. The van der Waals surface area contributed by atoms with Crippen LogP contribution in [-0.4, -0.2) is 15.0 Å². The van der Waals surface area contributed by atoms with Gasteiger partial charge in [-0.25, -0.2) is 0 Å². The first-order valence-electron chi connectivity index (χ1n) is 7.66. The molecule has 0 saturated carbocycles. The summed E-state index contributed by atoms with van der Waals surface area (Å²) in [6, 6.07) is 19.4.